The first-order valence-corrected chi connectivity index (χ1v) is 10.0. The van der Waals surface area contributed by atoms with Crippen LogP contribution in [0.4, 0.5) is 4.39 Å². The largest absolute Gasteiger partial charge is 0.497 e. The van der Waals surface area contributed by atoms with Gasteiger partial charge in [0, 0.05) is 25.1 Å². The number of hydrogen-bond acceptors (Lipinski definition) is 4. The minimum absolute atomic E-state index is 0.0309. The smallest absolute Gasteiger partial charge is 0.242 e. The summed E-state index contributed by atoms with van der Waals surface area (Å²) < 4.78 is 24.9. The first kappa shape index (κ1) is 23.2. The molecule has 162 valence electrons. The number of carbonyl (C=O) groups is 2. The molecule has 1 atom stereocenters. The van der Waals surface area contributed by atoms with Crippen LogP contribution in [-0.2, 0) is 16.1 Å². The van der Waals surface area contributed by atoms with Crippen molar-refractivity contribution in [3.05, 3.63) is 59.9 Å². The van der Waals surface area contributed by atoms with Gasteiger partial charge in [0.05, 0.1) is 13.7 Å². The molecule has 0 unspecified atom stereocenters. The van der Waals surface area contributed by atoms with Gasteiger partial charge in [0.1, 0.15) is 23.4 Å². The number of likely N-dealkylation sites (N-methyl/N-ethyl adjacent to an activating group) is 1. The van der Waals surface area contributed by atoms with E-state index in [1.165, 1.54) is 11.0 Å². The minimum atomic E-state index is -0.709. The molecule has 0 aliphatic carbocycles. The third-order valence-electron chi connectivity index (χ3n) is 4.68. The maximum Gasteiger partial charge on any atom is 0.242 e. The van der Waals surface area contributed by atoms with Crippen molar-refractivity contribution in [3.63, 3.8) is 0 Å². The number of nitrogens with one attached hydrogen (secondary N) is 1. The molecular formula is C23H29FN2O4. The third kappa shape index (κ3) is 6.76. The third-order valence-corrected chi connectivity index (χ3v) is 4.68. The molecule has 2 amide bonds. The second-order valence-corrected chi connectivity index (χ2v) is 6.81. The number of hydrogen-bond donors (Lipinski definition) is 1. The van der Waals surface area contributed by atoms with Gasteiger partial charge in [-0.05, 0) is 50.6 Å². The molecule has 6 nitrogen and oxygen atoms in total. The van der Waals surface area contributed by atoms with Crippen LogP contribution in [0.1, 0.15) is 32.3 Å². The highest BCUT2D eigenvalue weighted by Gasteiger charge is 2.26. The summed E-state index contributed by atoms with van der Waals surface area (Å²) in [4.78, 5) is 26.6. The molecule has 0 fully saturated rings. The standard InChI is InChI=1S/C23H29FN2O4/c1-4-25-23(28)17(2)26(16-18-8-5-6-9-21(18)24)22(27)10-7-15-30-20-13-11-19(29-3)12-14-20/h5-6,8-9,11-14,17H,4,7,10,15-16H2,1-3H3,(H,25,28)/t17-/m1/s1. The predicted octanol–water partition coefficient (Wildman–Crippen LogP) is 3.55. The van der Waals surface area contributed by atoms with Crippen LogP contribution in [0, 0.1) is 5.82 Å². The van der Waals surface area contributed by atoms with Crippen LogP contribution in [0.5, 0.6) is 11.5 Å². The van der Waals surface area contributed by atoms with Gasteiger partial charge in [-0.15, -0.1) is 0 Å². The fourth-order valence-corrected chi connectivity index (χ4v) is 2.94. The van der Waals surface area contributed by atoms with Gasteiger partial charge in [-0.1, -0.05) is 18.2 Å². The highest BCUT2D eigenvalue weighted by atomic mass is 19.1. The Hall–Kier alpha value is -3.09. The molecule has 0 bridgehead atoms. The number of benzene rings is 2. The van der Waals surface area contributed by atoms with E-state index in [9.17, 15) is 14.0 Å². The number of nitrogens with zero attached hydrogens (tertiary/aromatic N) is 1. The summed E-state index contributed by atoms with van der Waals surface area (Å²) in [5.41, 5.74) is 0.372. The summed E-state index contributed by atoms with van der Waals surface area (Å²) in [6.45, 7) is 4.30. The summed E-state index contributed by atoms with van der Waals surface area (Å²) in [7, 11) is 1.59. The Bertz CT molecular complexity index is 826. The quantitative estimate of drug-likeness (QED) is 0.569. The predicted molar refractivity (Wildman–Crippen MR) is 113 cm³/mol. The molecule has 0 spiro atoms. The number of ether oxygens (including phenoxy) is 2. The molecule has 0 saturated heterocycles. The van der Waals surface area contributed by atoms with Crippen molar-refractivity contribution in [1.29, 1.82) is 0 Å². The van der Waals surface area contributed by atoms with Gasteiger partial charge in [0.25, 0.3) is 0 Å². The van der Waals surface area contributed by atoms with Crippen molar-refractivity contribution in [3.8, 4) is 11.5 Å². The second kappa shape index (κ2) is 11.8. The summed E-state index contributed by atoms with van der Waals surface area (Å²) in [5, 5.41) is 2.72. The normalized spacial score (nSPS) is 11.5. The Balaban J connectivity index is 1.97. The zero-order valence-corrected chi connectivity index (χ0v) is 17.7. The van der Waals surface area contributed by atoms with Crippen molar-refractivity contribution >= 4 is 11.8 Å². The number of carbonyl (C=O) groups excluding carboxylic acids is 2. The van der Waals surface area contributed by atoms with Gasteiger partial charge in [-0.3, -0.25) is 9.59 Å². The molecule has 0 saturated carbocycles. The van der Waals surface area contributed by atoms with Gasteiger partial charge in [-0.25, -0.2) is 4.39 Å². The van der Waals surface area contributed by atoms with Gasteiger partial charge in [-0.2, -0.15) is 0 Å². The average molecular weight is 416 g/mol. The van der Waals surface area contributed by atoms with E-state index in [0.717, 1.165) is 5.75 Å². The summed E-state index contributed by atoms with van der Waals surface area (Å²) in [5.74, 6) is 0.524. The Morgan fingerprint density at radius 3 is 2.40 bits per heavy atom. The highest BCUT2D eigenvalue weighted by Crippen LogP contribution is 2.18. The molecule has 2 aromatic rings. The first-order chi connectivity index (χ1) is 14.5. The van der Waals surface area contributed by atoms with E-state index in [1.807, 2.05) is 6.92 Å². The van der Waals surface area contributed by atoms with E-state index in [4.69, 9.17) is 9.47 Å². The van der Waals surface area contributed by atoms with Crippen LogP contribution in [0.2, 0.25) is 0 Å². The molecule has 7 heteroatoms. The van der Waals surface area contributed by atoms with Gasteiger partial charge in [0.15, 0.2) is 0 Å². The van der Waals surface area contributed by atoms with Crippen molar-refractivity contribution in [2.45, 2.75) is 39.3 Å². The summed E-state index contributed by atoms with van der Waals surface area (Å²) in [6, 6.07) is 12.7. The van der Waals surface area contributed by atoms with E-state index in [-0.39, 0.29) is 24.8 Å². The molecule has 0 heterocycles. The van der Waals surface area contributed by atoms with Crippen LogP contribution in [0.3, 0.4) is 0 Å². The topological polar surface area (TPSA) is 67.9 Å². The number of methoxy groups -OCH3 is 1. The summed E-state index contributed by atoms with van der Waals surface area (Å²) >= 11 is 0. The Kier molecular flexibility index (Phi) is 9.12. The van der Waals surface area contributed by atoms with Gasteiger partial charge >= 0.3 is 0 Å². The summed E-state index contributed by atoms with van der Waals surface area (Å²) in [6.07, 6.45) is 0.662. The van der Waals surface area contributed by atoms with Gasteiger partial charge in [0.2, 0.25) is 11.8 Å². The lowest BCUT2D eigenvalue weighted by Crippen LogP contribution is -2.47. The average Bonchev–Trinajstić information content (AvgIpc) is 2.76. The van der Waals surface area contributed by atoms with E-state index < -0.39 is 11.9 Å². The van der Waals surface area contributed by atoms with Crippen molar-refractivity contribution in [1.82, 2.24) is 10.2 Å². The Morgan fingerprint density at radius 1 is 1.10 bits per heavy atom. The lowest BCUT2D eigenvalue weighted by atomic mass is 10.1. The van der Waals surface area contributed by atoms with Crippen molar-refractivity contribution in [2.24, 2.45) is 0 Å². The zero-order valence-electron chi connectivity index (χ0n) is 17.7. The minimum Gasteiger partial charge on any atom is -0.497 e. The van der Waals surface area contributed by atoms with E-state index in [1.54, 1.807) is 56.5 Å². The van der Waals surface area contributed by atoms with E-state index in [0.29, 0.717) is 30.9 Å². The number of halogens is 1. The van der Waals surface area contributed by atoms with Crippen LogP contribution in [0.25, 0.3) is 0 Å². The molecule has 30 heavy (non-hydrogen) atoms. The molecular weight excluding hydrogens is 387 g/mol. The Morgan fingerprint density at radius 2 is 1.77 bits per heavy atom. The molecule has 0 aromatic heterocycles. The fraction of sp³-hybridized carbons (Fsp3) is 0.391. The number of rotatable bonds is 11. The Labute approximate surface area is 177 Å². The van der Waals surface area contributed by atoms with E-state index >= 15 is 0 Å². The van der Waals surface area contributed by atoms with Crippen molar-refractivity contribution < 1.29 is 23.5 Å². The molecule has 1 N–H and O–H groups in total. The van der Waals surface area contributed by atoms with E-state index in [2.05, 4.69) is 5.32 Å². The molecule has 0 radical (unpaired) electrons. The molecule has 0 aliphatic rings. The lowest BCUT2D eigenvalue weighted by Gasteiger charge is -2.29. The van der Waals surface area contributed by atoms with Gasteiger partial charge < -0.3 is 19.7 Å². The SMILES string of the molecule is CCNC(=O)[C@@H](C)N(Cc1ccccc1F)C(=O)CCCOc1ccc(OC)cc1. The van der Waals surface area contributed by atoms with Crippen LogP contribution >= 0.6 is 0 Å². The van der Waals surface area contributed by atoms with Crippen LogP contribution < -0.4 is 14.8 Å². The van der Waals surface area contributed by atoms with Crippen molar-refractivity contribution in [2.75, 3.05) is 20.3 Å². The maximum atomic E-state index is 14.1. The fourth-order valence-electron chi connectivity index (χ4n) is 2.94. The maximum absolute atomic E-state index is 14.1. The van der Waals surface area contributed by atoms with Crippen LogP contribution in [-0.4, -0.2) is 43.0 Å². The van der Waals surface area contributed by atoms with Crippen LogP contribution in [0.15, 0.2) is 48.5 Å². The monoisotopic (exact) mass is 416 g/mol. The first-order valence-electron chi connectivity index (χ1n) is 10.0. The second-order valence-electron chi connectivity index (χ2n) is 6.81. The molecule has 2 rings (SSSR count). The zero-order chi connectivity index (χ0) is 21.9. The number of amides is 2. The highest BCUT2D eigenvalue weighted by molar-refractivity contribution is 5.87. The molecule has 0 aliphatic heterocycles. The lowest BCUT2D eigenvalue weighted by molar-refractivity contribution is -0.140. The molecule has 2 aromatic carbocycles.